The van der Waals surface area contributed by atoms with Crippen LogP contribution in [0.15, 0.2) is 0 Å². The van der Waals surface area contributed by atoms with Crippen LogP contribution in [0.4, 0.5) is 13.2 Å². The summed E-state index contributed by atoms with van der Waals surface area (Å²) >= 11 is 9.53. The highest BCUT2D eigenvalue weighted by Crippen LogP contribution is 2.29. The Morgan fingerprint density at radius 3 is 1.15 bits per heavy atom. The summed E-state index contributed by atoms with van der Waals surface area (Å²) in [6, 6.07) is 0. The van der Waals surface area contributed by atoms with Gasteiger partial charge in [0.15, 0.2) is 0 Å². The van der Waals surface area contributed by atoms with Gasteiger partial charge in [0.1, 0.15) is 0 Å². The number of carbonyl (C=O) groups is 1. The molecule has 0 aromatic rings. The van der Waals surface area contributed by atoms with Gasteiger partial charge in [-0.3, -0.25) is 0 Å². The molecule has 0 aliphatic carbocycles. The number of hydrogen-bond donors (Lipinski definition) is 1. The molecule has 0 saturated carbocycles. The van der Waals surface area contributed by atoms with Crippen LogP contribution < -0.4 is 0 Å². The smallest absolute Gasteiger partial charge is 0.475 e. The Morgan fingerprint density at radius 2 is 1.15 bits per heavy atom. The molecule has 1 N–H and O–H groups in total. The minimum atomic E-state index is -5.08. The maximum atomic E-state index is 10.6. The summed E-state index contributed by atoms with van der Waals surface area (Å²) < 4.78 is 31.7. The van der Waals surface area contributed by atoms with Gasteiger partial charge in [-0.1, -0.05) is 58.2 Å². The van der Waals surface area contributed by atoms with Crippen molar-refractivity contribution < 1.29 is 23.1 Å². The standard InChI is InChI=1S/C9H21Si.C2HF3O2.CH2Cl2/c1-7(2)10(8(3)4)9(5)6;3-2(4,5)1(6)7;2-1-3/h7-9H,1-6H3;(H,6,7);1H2. The third-order valence-electron chi connectivity index (χ3n) is 2.24. The number of hydrogen-bond acceptors (Lipinski definition) is 1. The van der Waals surface area contributed by atoms with Crippen LogP contribution in [0.1, 0.15) is 41.5 Å². The Labute approximate surface area is 131 Å². The van der Waals surface area contributed by atoms with Gasteiger partial charge in [-0.25, -0.2) is 4.79 Å². The van der Waals surface area contributed by atoms with Crippen LogP contribution in [-0.4, -0.2) is 31.4 Å². The van der Waals surface area contributed by atoms with Crippen molar-refractivity contribution in [3.63, 3.8) is 0 Å². The summed E-state index contributed by atoms with van der Waals surface area (Å²) in [4.78, 5) is 8.90. The second-order valence-corrected chi connectivity index (χ2v) is 10.1. The molecular weight excluding hydrogens is 332 g/mol. The molecule has 0 fully saturated rings. The molecule has 0 unspecified atom stereocenters. The summed E-state index contributed by atoms with van der Waals surface area (Å²) in [5, 5.41) is 7.32. The van der Waals surface area contributed by atoms with Crippen LogP contribution in [0.3, 0.4) is 0 Å². The van der Waals surface area contributed by atoms with E-state index in [-0.39, 0.29) is 14.1 Å². The van der Waals surface area contributed by atoms with E-state index in [1.165, 1.54) is 0 Å². The Kier molecular flexibility index (Phi) is 16.0. The molecule has 0 aliphatic heterocycles. The van der Waals surface area contributed by atoms with Crippen molar-refractivity contribution in [3.05, 3.63) is 0 Å². The molecule has 0 aliphatic rings. The molecule has 123 valence electrons. The molecule has 20 heavy (non-hydrogen) atoms. The predicted molar refractivity (Wildman–Crippen MR) is 81.3 cm³/mol. The van der Waals surface area contributed by atoms with Gasteiger partial charge in [0.05, 0.1) is 14.1 Å². The molecule has 0 bridgehead atoms. The van der Waals surface area contributed by atoms with Crippen molar-refractivity contribution in [1.82, 2.24) is 0 Å². The fourth-order valence-corrected chi connectivity index (χ4v) is 6.00. The minimum Gasteiger partial charge on any atom is -0.475 e. The van der Waals surface area contributed by atoms with Gasteiger partial charge in [0.25, 0.3) is 0 Å². The van der Waals surface area contributed by atoms with E-state index in [1.807, 2.05) is 0 Å². The molecule has 0 rings (SSSR count). The number of alkyl halides is 5. The van der Waals surface area contributed by atoms with Crippen LogP contribution >= 0.6 is 23.2 Å². The van der Waals surface area contributed by atoms with Crippen LogP contribution in [-0.2, 0) is 4.79 Å². The van der Waals surface area contributed by atoms with Crippen molar-refractivity contribution >= 4 is 38.0 Å². The first-order valence-electron chi connectivity index (χ1n) is 6.11. The van der Waals surface area contributed by atoms with Gasteiger partial charge >= 0.3 is 12.1 Å². The molecule has 0 atom stereocenters. The highest BCUT2D eigenvalue weighted by molar-refractivity contribution is 6.63. The second kappa shape index (κ2) is 12.8. The Balaban J connectivity index is -0.000000251. The van der Waals surface area contributed by atoms with Gasteiger partial charge in [-0.05, 0) is 0 Å². The molecule has 0 aromatic carbocycles. The number of aliphatic carboxylic acids is 1. The topological polar surface area (TPSA) is 37.3 Å². The SMILES string of the molecule is CC(C)[Si](C(C)C)C(C)C.ClCCl.O=C(O)C(F)(F)F. The molecule has 0 aromatic heterocycles. The lowest BCUT2D eigenvalue weighted by atomic mass is 10.5. The van der Waals surface area contributed by atoms with E-state index in [0.29, 0.717) is 0 Å². The lowest BCUT2D eigenvalue weighted by Crippen LogP contribution is -2.24. The zero-order valence-corrected chi connectivity index (χ0v) is 15.2. The lowest BCUT2D eigenvalue weighted by Gasteiger charge is -2.26. The zero-order valence-electron chi connectivity index (χ0n) is 12.7. The fourth-order valence-electron chi connectivity index (χ4n) is 2.00. The average Bonchev–Trinajstić information content (AvgIpc) is 2.15. The third kappa shape index (κ3) is 16.1. The number of carboxylic acid groups (broad SMARTS) is 1. The summed E-state index contributed by atoms with van der Waals surface area (Å²) in [7, 11) is -0.0957. The van der Waals surface area contributed by atoms with Crippen molar-refractivity contribution in [3.8, 4) is 0 Å². The monoisotopic (exact) mass is 355 g/mol. The summed E-state index contributed by atoms with van der Waals surface area (Å²) in [5.74, 6) is -2.76. The largest absolute Gasteiger partial charge is 0.490 e. The van der Waals surface area contributed by atoms with E-state index < -0.39 is 12.1 Å². The Bertz CT molecular complexity index is 228. The quantitative estimate of drug-likeness (QED) is 0.515. The maximum absolute atomic E-state index is 10.6. The highest BCUT2D eigenvalue weighted by Gasteiger charge is 2.38. The van der Waals surface area contributed by atoms with E-state index in [4.69, 9.17) is 33.1 Å². The zero-order chi connectivity index (χ0) is 17.1. The van der Waals surface area contributed by atoms with Crippen molar-refractivity contribution in [1.29, 1.82) is 0 Å². The van der Waals surface area contributed by atoms with Gasteiger partial charge in [0.2, 0.25) is 0 Å². The van der Waals surface area contributed by atoms with E-state index in [2.05, 4.69) is 41.5 Å². The van der Waals surface area contributed by atoms with Gasteiger partial charge in [-0.2, -0.15) is 13.2 Å². The Morgan fingerprint density at radius 1 is 1.00 bits per heavy atom. The summed E-state index contributed by atoms with van der Waals surface area (Å²) in [6.45, 7) is 14.2. The van der Waals surface area contributed by atoms with Gasteiger partial charge < -0.3 is 5.11 Å². The van der Waals surface area contributed by atoms with E-state index in [0.717, 1.165) is 16.6 Å². The van der Waals surface area contributed by atoms with Gasteiger partial charge in [-0.15, -0.1) is 23.2 Å². The molecule has 0 amide bonds. The lowest BCUT2D eigenvalue weighted by molar-refractivity contribution is -0.192. The molecule has 0 heterocycles. The van der Waals surface area contributed by atoms with Crippen molar-refractivity contribution in [2.45, 2.75) is 64.3 Å². The van der Waals surface area contributed by atoms with Crippen molar-refractivity contribution in [2.75, 3.05) is 5.34 Å². The van der Waals surface area contributed by atoms with Crippen molar-refractivity contribution in [2.24, 2.45) is 0 Å². The second-order valence-electron chi connectivity index (χ2n) is 4.87. The average molecular weight is 356 g/mol. The molecule has 1 radical (unpaired) electrons. The Hall–Kier alpha value is 0.0569. The van der Waals surface area contributed by atoms with Crippen LogP contribution in [0.25, 0.3) is 0 Å². The predicted octanol–water partition coefficient (Wildman–Crippen LogP) is 5.77. The van der Waals surface area contributed by atoms with E-state index in [9.17, 15) is 13.2 Å². The first-order chi connectivity index (χ1) is 8.82. The first-order valence-corrected chi connectivity index (χ1v) is 8.91. The third-order valence-corrected chi connectivity index (χ3v) is 6.24. The number of carboxylic acids is 1. The molecular formula is C12H24Cl2F3O2Si. The fraction of sp³-hybridized carbons (Fsp3) is 0.917. The van der Waals surface area contributed by atoms with Crippen LogP contribution in [0.5, 0.6) is 0 Å². The van der Waals surface area contributed by atoms with Gasteiger partial charge in [0, 0.05) is 0 Å². The molecule has 8 heteroatoms. The minimum absolute atomic E-state index is 0.0957. The number of rotatable bonds is 3. The normalized spacial score (nSPS) is 11.2. The summed E-state index contributed by atoms with van der Waals surface area (Å²) in [6.07, 6.45) is -5.08. The summed E-state index contributed by atoms with van der Waals surface area (Å²) in [5.41, 5.74) is 2.81. The first kappa shape index (κ1) is 25.0. The molecule has 0 saturated heterocycles. The van der Waals surface area contributed by atoms with E-state index in [1.54, 1.807) is 0 Å². The highest BCUT2D eigenvalue weighted by atomic mass is 35.5. The molecule has 2 nitrogen and oxygen atoms in total. The van der Waals surface area contributed by atoms with E-state index >= 15 is 0 Å². The van der Waals surface area contributed by atoms with Crippen LogP contribution in [0.2, 0.25) is 16.6 Å². The molecule has 0 spiro atoms. The van der Waals surface area contributed by atoms with Crippen LogP contribution in [0, 0.1) is 0 Å². The number of halogens is 5. The maximum Gasteiger partial charge on any atom is 0.490 e.